The molecule has 0 amide bonds. The van der Waals surface area contributed by atoms with Crippen molar-refractivity contribution in [2.24, 2.45) is 0 Å². The highest BCUT2D eigenvalue weighted by Gasteiger charge is 2.09. The highest BCUT2D eigenvalue weighted by Crippen LogP contribution is 2.23. The molecule has 0 aromatic heterocycles. The van der Waals surface area contributed by atoms with E-state index in [1.165, 1.54) is 24.3 Å². The number of phenolic OH excluding ortho intramolecular Hbond substituents is 1. The highest BCUT2D eigenvalue weighted by atomic mass is 17.2. The Bertz CT molecular complexity index is 326. The van der Waals surface area contributed by atoms with Crippen LogP contribution in [0.5, 0.6) is 5.75 Å². The normalized spacial score (nSPS) is 14.8. The van der Waals surface area contributed by atoms with Crippen molar-refractivity contribution in [1.82, 2.24) is 0 Å². The van der Waals surface area contributed by atoms with E-state index in [1.807, 2.05) is 0 Å². The summed E-state index contributed by atoms with van der Waals surface area (Å²) in [6.45, 7) is 1.56. The van der Waals surface area contributed by atoms with Crippen LogP contribution in [0.3, 0.4) is 0 Å². The highest BCUT2D eigenvalue weighted by molar-refractivity contribution is 5.44. The molecular weight excluding hydrogens is 214 g/mol. The molecule has 0 aliphatic carbocycles. The molecule has 2 rings (SSSR count). The van der Waals surface area contributed by atoms with Crippen molar-refractivity contribution in [3.63, 3.8) is 0 Å². The molecule has 0 saturated carbocycles. The molecule has 6 heteroatoms. The van der Waals surface area contributed by atoms with Crippen molar-refractivity contribution in [1.29, 1.82) is 0 Å². The Balaban J connectivity index is 0.000000181. The first kappa shape index (κ1) is 12.4. The van der Waals surface area contributed by atoms with Crippen molar-refractivity contribution >= 4 is 5.69 Å². The van der Waals surface area contributed by atoms with Gasteiger partial charge >= 0.3 is 5.69 Å². The lowest BCUT2D eigenvalue weighted by Crippen LogP contribution is -2.05. The Morgan fingerprint density at radius 1 is 1.19 bits per heavy atom. The van der Waals surface area contributed by atoms with Crippen LogP contribution in [0.25, 0.3) is 0 Å². The molecule has 1 saturated heterocycles. The fourth-order valence-electron chi connectivity index (χ4n) is 1.06. The summed E-state index contributed by atoms with van der Waals surface area (Å²) < 4.78 is 0. The van der Waals surface area contributed by atoms with E-state index in [9.17, 15) is 10.1 Å². The van der Waals surface area contributed by atoms with E-state index in [1.54, 1.807) is 0 Å². The molecule has 1 aromatic carbocycles. The van der Waals surface area contributed by atoms with Gasteiger partial charge in [0.05, 0.1) is 18.1 Å². The quantitative estimate of drug-likeness (QED) is 0.451. The van der Waals surface area contributed by atoms with Gasteiger partial charge in [0.25, 0.3) is 0 Å². The Morgan fingerprint density at radius 2 is 1.75 bits per heavy atom. The zero-order chi connectivity index (χ0) is 11.8. The Labute approximate surface area is 92.5 Å². The topological polar surface area (TPSA) is 81.8 Å². The number of hydrogen-bond donors (Lipinski definition) is 1. The molecular formula is C10H13NO5. The molecule has 88 valence electrons. The van der Waals surface area contributed by atoms with Crippen molar-refractivity contribution in [3.8, 4) is 5.75 Å². The first-order valence-electron chi connectivity index (χ1n) is 4.88. The van der Waals surface area contributed by atoms with Gasteiger partial charge in [0.2, 0.25) is 0 Å². The minimum Gasteiger partial charge on any atom is -0.502 e. The smallest absolute Gasteiger partial charge is 0.310 e. The van der Waals surface area contributed by atoms with E-state index < -0.39 is 4.92 Å². The second-order valence-electron chi connectivity index (χ2n) is 3.10. The van der Waals surface area contributed by atoms with E-state index >= 15 is 0 Å². The van der Waals surface area contributed by atoms with Gasteiger partial charge < -0.3 is 5.11 Å². The third-order valence-electron chi connectivity index (χ3n) is 1.87. The monoisotopic (exact) mass is 227 g/mol. The summed E-state index contributed by atoms with van der Waals surface area (Å²) in [5.74, 6) is -0.299. The van der Waals surface area contributed by atoms with Gasteiger partial charge in [-0.3, -0.25) is 10.1 Å². The minimum absolute atomic E-state index is 0.262. The van der Waals surface area contributed by atoms with Crippen LogP contribution in [0.15, 0.2) is 24.3 Å². The first-order chi connectivity index (χ1) is 7.72. The molecule has 0 spiro atoms. The largest absolute Gasteiger partial charge is 0.502 e. The second kappa shape index (κ2) is 6.76. The predicted molar refractivity (Wildman–Crippen MR) is 55.9 cm³/mol. The van der Waals surface area contributed by atoms with E-state index in [4.69, 9.17) is 5.11 Å². The van der Waals surface area contributed by atoms with E-state index in [0.29, 0.717) is 0 Å². The molecule has 0 radical (unpaired) electrons. The molecule has 1 heterocycles. The van der Waals surface area contributed by atoms with Crippen LogP contribution in [-0.2, 0) is 9.78 Å². The van der Waals surface area contributed by atoms with Gasteiger partial charge in [0.1, 0.15) is 0 Å². The molecule has 0 unspecified atom stereocenters. The number of aromatic hydroxyl groups is 1. The summed E-state index contributed by atoms with van der Waals surface area (Å²) in [4.78, 5) is 18.6. The van der Waals surface area contributed by atoms with Gasteiger partial charge in [-0.2, -0.15) is 0 Å². The number of hydrogen-bond acceptors (Lipinski definition) is 5. The maximum absolute atomic E-state index is 10.1. The third-order valence-corrected chi connectivity index (χ3v) is 1.87. The van der Waals surface area contributed by atoms with Crippen LogP contribution in [0, 0.1) is 10.1 Å². The van der Waals surface area contributed by atoms with Crippen LogP contribution in [0.4, 0.5) is 5.69 Å². The zero-order valence-electron chi connectivity index (χ0n) is 8.67. The van der Waals surface area contributed by atoms with Crippen LogP contribution >= 0.6 is 0 Å². The maximum atomic E-state index is 10.1. The fourth-order valence-corrected chi connectivity index (χ4v) is 1.06. The van der Waals surface area contributed by atoms with Gasteiger partial charge in [-0.25, -0.2) is 9.78 Å². The summed E-state index contributed by atoms with van der Waals surface area (Å²) in [5, 5.41) is 18.9. The lowest BCUT2D eigenvalue weighted by molar-refractivity contribution is -0.385. The second-order valence-corrected chi connectivity index (χ2v) is 3.10. The average Bonchev–Trinajstić information content (AvgIpc) is 2.32. The summed E-state index contributed by atoms with van der Waals surface area (Å²) in [5.41, 5.74) is -0.262. The zero-order valence-corrected chi connectivity index (χ0v) is 8.67. The first-order valence-corrected chi connectivity index (χ1v) is 4.88. The average molecular weight is 227 g/mol. The lowest BCUT2D eigenvalue weighted by Gasteiger charge is -2.07. The van der Waals surface area contributed by atoms with E-state index in [2.05, 4.69) is 9.78 Å². The van der Waals surface area contributed by atoms with Gasteiger partial charge in [0, 0.05) is 6.07 Å². The number of nitro groups is 1. The fraction of sp³-hybridized carbons (Fsp3) is 0.400. The van der Waals surface area contributed by atoms with Crippen molar-refractivity contribution in [2.75, 3.05) is 13.2 Å². The number of para-hydroxylation sites is 2. The SMILES string of the molecule is C1CCOOC1.O=[N+]([O-])c1ccccc1O. The molecule has 1 aromatic rings. The van der Waals surface area contributed by atoms with Crippen LogP contribution in [-0.4, -0.2) is 23.2 Å². The van der Waals surface area contributed by atoms with Gasteiger partial charge in [-0.05, 0) is 18.9 Å². The third kappa shape index (κ3) is 4.24. The number of phenols is 1. The predicted octanol–water partition coefficient (Wildman–Crippen LogP) is 2.03. The van der Waals surface area contributed by atoms with Crippen molar-refractivity contribution in [2.45, 2.75) is 12.8 Å². The Morgan fingerprint density at radius 3 is 2.06 bits per heavy atom. The van der Waals surface area contributed by atoms with E-state index in [-0.39, 0.29) is 11.4 Å². The molecule has 6 nitrogen and oxygen atoms in total. The minimum atomic E-state index is -0.630. The molecule has 1 N–H and O–H groups in total. The molecule has 1 aliphatic rings. The maximum Gasteiger partial charge on any atom is 0.310 e. The summed E-state index contributed by atoms with van der Waals surface area (Å²) in [7, 11) is 0. The summed E-state index contributed by atoms with van der Waals surface area (Å²) >= 11 is 0. The van der Waals surface area contributed by atoms with Crippen LogP contribution in [0.1, 0.15) is 12.8 Å². The number of rotatable bonds is 1. The van der Waals surface area contributed by atoms with Gasteiger partial charge in [-0.1, -0.05) is 12.1 Å². The van der Waals surface area contributed by atoms with Crippen LogP contribution in [0.2, 0.25) is 0 Å². The van der Waals surface area contributed by atoms with Gasteiger partial charge in [-0.15, -0.1) is 0 Å². The summed E-state index contributed by atoms with van der Waals surface area (Å²) in [6, 6.07) is 5.55. The molecule has 1 aliphatic heterocycles. The summed E-state index contributed by atoms with van der Waals surface area (Å²) in [6.07, 6.45) is 2.31. The number of nitrogens with zero attached hydrogens (tertiary/aromatic N) is 1. The van der Waals surface area contributed by atoms with Crippen LogP contribution < -0.4 is 0 Å². The molecule has 0 atom stereocenters. The number of nitro benzene ring substituents is 1. The standard InChI is InChI=1S/C6H5NO3.C4H8O2/c8-6-4-2-1-3-5(6)7(9)10;1-2-4-6-5-3-1/h1-4,8H;1-4H2. The molecule has 1 fully saturated rings. The van der Waals surface area contributed by atoms with E-state index in [0.717, 1.165) is 26.1 Å². The Kier molecular flexibility index (Phi) is 5.24. The number of benzene rings is 1. The van der Waals surface area contributed by atoms with Crippen molar-refractivity contribution < 1.29 is 19.8 Å². The molecule has 0 bridgehead atoms. The lowest BCUT2D eigenvalue weighted by atomic mass is 10.3. The molecule has 16 heavy (non-hydrogen) atoms. The van der Waals surface area contributed by atoms with Crippen molar-refractivity contribution in [3.05, 3.63) is 34.4 Å². The Hall–Kier alpha value is -1.66. The van der Waals surface area contributed by atoms with Gasteiger partial charge in [0.15, 0.2) is 5.75 Å².